The van der Waals surface area contributed by atoms with Crippen molar-refractivity contribution in [3.63, 3.8) is 0 Å². The third kappa shape index (κ3) is 2.27. The van der Waals surface area contributed by atoms with Crippen molar-refractivity contribution >= 4 is 24.2 Å². The fraction of sp³-hybridized carbons (Fsp3) is 0.250. The Bertz CT molecular complexity index is 236. The molecule has 1 fully saturated rings. The van der Waals surface area contributed by atoms with Gasteiger partial charge in [-0.3, -0.25) is 0 Å². The molecule has 0 saturated carbocycles. The molecule has 1 heterocycles. The van der Waals surface area contributed by atoms with Gasteiger partial charge >= 0.3 is 80.1 Å². The summed E-state index contributed by atoms with van der Waals surface area (Å²) in [4.78, 5) is 1.25. The molecule has 0 atom stereocenters. The van der Waals surface area contributed by atoms with E-state index in [4.69, 9.17) is 7.45 Å². The summed E-state index contributed by atoms with van der Waals surface area (Å²) in [5.74, 6) is 0. The Morgan fingerprint density at radius 2 is 1.75 bits per heavy atom. The summed E-state index contributed by atoms with van der Waals surface area (Å²) in [5.41, 5.74) is 0. The van der Waals surface area contributed by atoms with E-state index in [1.807, 2.05) is 18.2 Å². The van der Waals surface area contributed by atoms with Gasteiger partial charge in [-0.15, -0.1) is 0 Å². The second-order valence-electron chi connectivity index (χ2n) is 2.29. The van der Waals surface area contributed by atoms with Crippen molar-refractivity contribution in [3.05, 3.63) is 30.3 Å². The first-order chi connectivity index (χ1) is 5.95. The minimum absolute atomic E-state index is 0.778. The van der Waals surface area contributed by atoms with Gasteiger partial charge in [0, 0.05) is 0 Å². The minimum atomic E-state index is -1.46. The van der Waals surface area contributed by atoms with E-state index in [0.717, 1.165) is 13.2 Å². The van der Waals surface area contributed by atoms with E-state index in [0.29, 0.717) is 0 Å². The van der Waals surface area contributed by atoms with Gasteiger partial charge < -0.3 is 0 Å². The fourth-order valence-corrected chi connectivity index (χ4v) is 5.82. The summed E-state index contributed by atoms with van der Waals surface area (Å²) < 4.78 is 10.9. The number of benzene rings is 1. The average molecular weight is 244 g/mol. The third-order valence-electron chi connectivity index (χ3n) is 1.40. The topological polar surface area (TPSA) is 18.5 Å². The summed E-state index contributed by atoms with van der Waals surface area (Å²) in [6.07, 6.45) is 0. The third-order valence-corrected chi connectivity index (χ3v) is 7.04. The van der Waals surface area contributed by atoms with Gasteiger partial charge in [-0.2, -0.15) is 0 Å². The molecule has 1 aromatic carbocycles. The molecule has 4 heteroatoms. The SMILES string of the molecule is c1ccc(S[As]2OCCO2)cc1. The van der Waals surface area contributed by atoms with Crippen LogP contribution in [0.3, 0.4) is 0 Å². The molecule has 1 aromatic rings. The molecule has 0 spiro atoms. The molecule has 0 N–H and O–H groups in total. The molecule has 12 heavy (non-hydrogen) atoms. The van der Waals surface area contributed by atoms with Crippen LogP contribution >= 0.6 is 10.0 Å². The average Bonchev–Trinajstić information content (AvgIpc) is 2.59. The van der Waals surface area contributed by atoms with Gasteiger partial charge in [-0.05, 0) is 0 Å². The summed E-state index contributed by atoms with van der Waals surface area (Å²) in [5, 5.41) is 0. The summed E-state index contributed by atoms with van der Waals surface area (Å²) in [7, 11) is 1.75. The van der Waals surface area contributed by atoms with Crippen LogP contribution in [0.1, 0.15) is 0 Å². The van der Waals surface area contributed by atoms with E-state index < -0.39 is 14.2 Å². The van der Waals surface area contributed by atoms with Gasteiger partial charge in [-0.1, -0.05) is 0 Å². The van der Waals surface area contributed by atoms with Crippen LogP contribution in [0, 0.1) is 0 Å². The Kier molecular flexibility index (Phi) is 3.12. The normalized spacial score (nSPS) is 18.3. The standard InChI is InChI=1S/C8H9AsO2S/c1-2-4-8(5-3-1)12-9-10-6-7-11-9/h1-5H,6-7H2. The van der Waals surface area contributed by atoms with Crippen molar-refractivity contribution in [2.45, 2.75) is 4.90 Å². The molecule has 0 aromatic heterocycles. The molecule has 0 unspecified atom stereocenters. The molecule has 1 saturated heterocycles. The zero-order valence-electron chi connectivity index (χ0n) is 6.47. The molecule has 0 aliphatic carbocycles. The zero-order chi connectivity index (χ0) is 8.23. The number of rotatable bonds is 2. The van der Waals surface area contributed by atoms with E-state index in [9.17, 15) is 0 Å². The van der Waals surface area contributed by atoms with Crippen LogP contribution in [0.5, 0.6) is 0 Å². The first kappa shape index (κ1) is 8.64. The predicted molar refractivity (Wildman–Crippen MR) is 50.0 cm³/mol. The van der Waals surface area contributed by atoms with Crippen molar-refractivity contribution in [1.29, 1.82) is 0 Å². The Labute approximate surface area is 80.2 Å². The van der Waals surface area contributed by atoms with Crippen LogP contribution in [0.2, 0.25) is 0 Å². The van der Waals surface area contributed by atoms with Crippen LogP contribution in [0.4, 0.5) is 0 Å². The first-order valence-electron chi connectivity index (χ1n) is 3.74. The summed E-state index contributed by atoms with van der Waals surface area (Å²) in [6.45, 7) is 1.56. The van der Waals surface area contributed by atoms with E-state index in [-0.39, 0.29) is 0 Å². The molecule has 1 aliphatic heterocycles. The molecular weight excluding hydrogens is 235 g/mol. The van der Waals surface area contributed by atoms with E-state index in [1.165, 1.54) is 4.90 Å². The van der Waals surface area contributed by atoms with E-state index in [1.54, 1.807) is 10.0 Å². The van der Waals surface area contributed by atoms with Gasteiger partial charge in [0.15, 0.2) is 0 Å². The Morgan fingerprint density at radius 3 is 2.42 bits per heavy atom. The van der Waals surface area contributed by atoms with Crippen molar-refractivity contribution < 1.29 is 7.45 Å². The molecule has 2 rings (SSSR count). The second-order valence-corrected chi connectivity index (χ2v) is 7.67. The van der Waals surface area contributed by atoms with Crippen molar-refractivity contribution in [2.24, 2.45) is 0 Å². The van der Waals surface area contributed by atoms with Gasteiger partial charge in [0.1, 0.15) is 0 Å². The van der Waals surface area contributed by atoms with Crippen LogP contribution in [-0.4, -0.2) is 27.4 Å². The molecule has 2 nitrogen and oxygen atoms in total. The van der Waals surface area contributed by atoms with Crippen LogP contribution in [-0.2, 0) is 7.45 Å². The van der Waals surface area contributed by atoms with E-state index in [2.05, 4.69) is 12.1 Å². The first-order valence-corrected chi connectivity index (χ1v) is 8.34. The van der Waals surface area contributed by atoms with Gasteiger partial charge in [0.25, 0.3) is 0 Å². The van der Waals surface area contributed by atoms with Crippen molar-refractivity contribution in [1.82, 2.24) is 0 Å². The Morgan fingerprint density at radius 1 is 1.08 bits per heavy atom. The summed E-state index contributed by atoms with van der Waals surface area (Å²) >= 11 is -1.46. The number of hydrogen-bond acceptors (Lipinski definition) is 3. The van der Waals surface area contributed by atoms with Gasteiger partial charge in [-0.25, -0.2) is 0 Å². The van der Waals surface area contributed by atoms with Gasteiger partial charge in [0.05, 0.1) is 0 Å². The molecule has 0 bridgehead atoms. The predicted octanol–water partition coefficient (Wildman–Crippen LogP) is 1.81. The zero-order valence-corrected chi connectivity index (χ0v) is 9.17. The van der Waals surface area contributed by atoms with Crippen LogP contribution in [0.25, 0.3) is 0 Å². The van der Waals surface area contributed by atoms with Crippen LogP contribution in [0.15, 0.2) is 35.2 Å². The molecule has 64 valence electrons. The molecule has 1 aliphatic rings. The molecule has 0 radical (unpaired) electrons. The number of hydrogen-bond donors (Lipinski definition) is 0. The quantitative estimate of drug-likeness (QED) is 0.739. The summed E-state index contributed by atoms with van der Waals surface area (Å²) in [6, 6.07) is 10.3. The monoisotopic (exact) mass is 244 g/mol. The van der Waals surface area contributed by atoms with Crippen LogP contribution < -0.4 is 0 Å². The Balaban J connectivity index is 1.94. The molecule has 0 amide bonds. The van der Waals surface area contributed by atoms with E-state index >= 15 is 0 Å². The maximum absolute atomic E-state index is 5.44. The fourth-order valence-electron chi connectivity index (χ4n) is 0.881. The molecular formula is C8H9AsO2S. The Hall–Kier alpha value is 0.0484. The maximum atomic E-state index is 5.44. The van der Waals surface area contributed by atoms with Crippen molar-refractivity contribution in [2.75, 3.05) is 13.2 Å². The second kappa shape index (κ2) is 4.33. The van der Waals surface area contributed by atoms with Gasteiger partial charge in [0.2, 0.25) is 0 Å². The van der Waals surface area contributed by atoms with Crippen molar-refractivity contribution in [3.8, 4) is 0 Å².